The van der Waals surface area contributed by atoms with E-state index in [9.17, 15) is 19.8 Å². The zero-order chi connectivity index (χ0) is 24.8. The summed E-state index contributed by atoms with van der Waals surface area (Å²) in [5, 5.41) is 25.4. The summed E-state index contributed by atoms with van der Waals surface area (Å²) >= 11 is 5.85. The van der Waals surface area contributed by atoms with Gasteiger partial charge in [-0.15, -0.1) is 0 Å². The van der Waals surface area contributed by atoms with Crippen LogP contribution in [0.15, 0.2) is 115 Å². The number of carbonyl (C=O) groups excluding carboxylic acids is 2. The van der Waals surface area contributed by atoms with Crippen molar-refractivity contribution in [1.29, 1.82) is 0 Å². The van der Waals surface area contributed by atoms with E-state index in [2.05, 4.69) is 5.32 Å². The van der Waals surface area contributed by atoms with Crippen LogP contribution in [0.3, 0.4) is 0 Å². The van der Waals surface area contributed by atoms with Crippen LogP contribution in [0, 0.1) is 0 Å². The van der Waals surface area contributed by atoms with Crippen LogP contribution in [-0.4, -0.2) is 21.9 Å². The topological polar surface area (TPSA) is 86.6 Å². The third-order valence-corrected chi connectivity index (χ3v) is 5.83. The van der Waals surface area contributed by atoms with Gasteiger partial charge in [0.25, 0.3) is 5.91 Å². The summed E-state index contributed by atoms with van der Waals surface area (Å²) < 4.78 is 0. The number of rotatable bonds is 7. The van der Waals surface area contributed by atoms with Gasteiger partial charge in [-0.25, -0.2) is 0 Å². The van der Waals surface area contributed by atoms with Gasteiger partial charge in [0.15, 0.2) is 0 Å². The van der Waals surface area contributed by atoms with Crippen LogP contribution in [0.25, 0.3) is 5.76 Å². The van der Waals surface area contributed by atoms with Gasteiger partial charge >= 0.3 is 0 Å². The van der Waals surface area contributed by atoms with E-state index < -0.39 is 17.3 Å². The maximum atomic E-state index is 12.8. The minimum atomic E-state index is -1.60. The molecule has 0 aliphatic rings. The number of hydrogen-bond donors (Lipinski definition) is 3. The average Bonchev–Trinajstić information content (AvgIpc) is 2.90. The average molecular weight is 484 g/mol. The molecule has 0 heterocycles. The van der Waals surface area contributed by atoms with Gasteiger partial charge in [-0.3, -0.25) is 9.59 Å². The Hall–Kier alpha value is -4.19. The SMILES string of the molecule is O=C(/C=C(\O)c1ccc(Cl)cc1)C(=O)Nc1ccccc1C(O)(c1ccccc1)c1ccccc1. The van der Waals surface area contributed by atoms with Gasteiger partial charge in [-0.1, -0.05) is 90.5 Å². The van der Waals surface area contributed by atoms with Gasteiger partial charge in [0.1, 0.15) is 11.4 Å². The van der Waals surface area contributed by atoms with Crippen LogP contribution in [0.5, 0.6) is 0 Å². The molecule has 0 aromatic heterocycles. The minimum Gasteiger partial charge on any atom is -0.507 e. The molecule has 35 heavy (non-hydrogen) atoms. The van der Waals surface area contributed by atoms with Gasteiger partial charge in [-0.2, -0.15) is 0 Å². The number of carbonyl (C=O) groups is 2. The van der Waals surface area contributed by atoms with Crippen LogP contribution < -0.4 is 5.32 Å². The molecule has 1 amide bonds. The summed E-state index contributed by atoms with van der Waals surface area (Å²) in [4.78, 5) is 25.3. The lowest BCUT2D eigenvalue weighted by Crippen LogP contribution is -2.31. The second-order valence-corrected chi connectivity index (χ2v) is 8.28. The number of benzene rings is 4. The zero-order valence-corrected chi connectivity index (χ0v) is 19.3. The number of nitrogens with one attached hydrogen (secondary N) is 1. The van der Waals surface area contributed by atoms with E-state index in [1.165, 1.54) is 12.1 Å². The van der Waals surface area contributed by atoms with Crippen molar-refractivity contribution in [3.05, 3.63) is 143 Å². The molecule has 4 aromatic carbocycles. The monoisotopic (exact) mass is 483 g/mol. The molecular formula is C29H22ClNO4. The zero-order valence-electron chi connectivity index (χ0n) is 18.6. The van der Waals surface area contributed by atoms with E-state index in [1.807, 2.05) is 36.4 Å². The Balaban J connectivity index is 1.69. The fraction of sp³-hybridized carbons (Fsp3) is 0.0345. The van der Waals surface area contributed by atoms with Crippen molar-refractivity contribution in [2.24, 2.45) is 0 Å². The molecule has 0 radical (unpaired) electrons. The normalized spacial score (nSPS) is 11.7. The highest BCUT2D eigenvalue weighted by atomic mass is 35.5. The largest absolute Gasteiger partial charge is 0.507 e. The quantitative estimate of drug-likeness (QED) is 0.135. The fourth-order valence-electron chi connectivity index (χ4n) is 3.82. The van der Waals surface area contributed by atoms with Crippen LogP contribution in [-0.2, 0) is 15.2 Å². The highest BCUT2D eigenvalue weighted by Crippen LogP contribution is 2.40. The molecule has 0 aliphatic carbocycles. The van der Waals surface area contributed by atoms with Gasteiger partial charge in [0, 0.05) is 27.9 Å². The third-order valence-electron chi connectivity index (χ3n) is 5.58. The molecule has 0 fully saturated rings. The summed E-state index contributed by atoms with van der Waals surface area (Å²) in [6.07, 6.45) is 0.849. The molecular weight excluding hydrogens is 462 g/mol. The third kappa shape index (κ3) is 5.17. The van der Waals surface area contributed by atoms with Gasteiger partial charge in [0.2, 0.25) is 5.78 Å². The summed E-state index contributed by atoms with van der Waals surface area (Å²) in [6, 6.07) is 31.1. The first-order valence-electron chi connectivity index (χ1n) is 10.8. The molecule has 5 nitrogen and oxygen atoms in total. The minimum absolute atomic E-state index is 0.264. The summed E-state index contributed by atoms with van der Waals surface area (Å²) in [5.41, 5.74) is 0.596. The Bertz CT molecular complexity index is 1330. The molecule has 4 aromatic rings. The first-order valence-corrected chi connectivity index (χ1v) is 11.2. The van der Waals surface area contributed by atoms with Crippen LogP contribution in [0.4, 0.5) is 5.69 Å². The van der Waals surface area contributed by atoms with Crippen LogP contribution in [0.2, 0.25) is 5.02 Å². The molecule has 0 spiro atoms. The predicted octanol–water partition coefficient (Wildman–Crippen LogP) is 5.73. The van der Waals surface area contributed by atoms with Crippen molar-refractivity contribution in [2.45, 2.75) is 5.60 Å². The van der Waals surface area contributed by atoms with E-state index in [-0.39, 0.29) is 11.4 Å². The molecule has 0 saturated heterocycles. The smallest absolute Gasteiger partial charge is 0.296 e. The molecule has 0 unspecified atom stereocenters. The molecule has 174 valence electrons. The van der Waals surface area contributed by atoms with E-state index in [1.54, 1.807) is 60.7 Å². The Kier molecular flexibility index (Phi) is 7.11. The van der Waals surface area contributed by atoms with Gasteiger partial charge in [0.05, 0.1) is 0 Å². The lowest BCUT2D eigenvalue weighted by Gasteiger charge is -2.31. The van der Waals surface area contributed by atoms with E-state index in [0.717, 1.165) is 6.08 Å². The van der Waals surface area contributed by atoms with Gasteiger partial charge in [-0.05, 0) is 41.5 Å². The van der Waals surface area contributed by atoms with Crippen molar-refractivity contribution in [1.82, 2.24) is 0 Å². The second-order valence-electron chi connectivity index (χ2n) is 7.84. The van der Waals surface area contributed by atoms with Crippen molar-refractivity contribution >= 4 is 34.7 Å². The van der Waals surface area contributed by atoms with Crippen molar-refractivity contribution in [3.8, 4) is 0 Å². The Morgan fingerprint density at radius 3 is 1.83 bits per heavy atom. The molecule has 3 N–H and O–H groups in total. The van der Waals surface area contributed by atoms with Gasteiger partial charge < -0.3 is 15.5 Å². The van der Waals surface area contributed by atoms with E-state index in [0.29, 0.717) is 27.3 Å². The first-order chi connectivity index (χ1) is 16.9. The first kappa shape index (κ1) is 24.0. The maximum absolute atomic E-state index is 12.8. The second kappa shape index (κ2) is 10.4. The summed E-state index contributed by atoms with van der Waals surface area (Å²) in [5.74, 6) is -2.27. The van der Waals surface area contributed by atoms with E-state index in [4.69, 9.17) is 11.6 Å². The fourth-order valence-corrected chi connectivity index (χ4v) is 3.95. The molecule has 6 heteroatoms. The number of amides is 1. The number of aliphatic hydroxyl groups is 2. The predicted molar refractivity (Wildman–Crippen MR) is 137 cm³/mol. The maximum Gasteiger partial charge on any atom is 0.296 e. The van der Waals surface area contributed by atoms with Crippen molar-refractivity contribution in [2.75, 3.05) is 5.32 Å². The molecule has 0 aliphatic heterocycles. The molecule has 0 bridgehead atoms. The lowest BCUT2D eigenvalue weighted by atomic mass is 9.79. The Morgan fingerprint density at radius 1 is 0.743 bits per heavy atom. The summed E-state index contributed by atoms with van der Waals surface area (Å²) in [7, 11) is 0. The van der Waals surface area contributed by atoms with Crippen molar-refractivity contribution in [3.63, 3.8) is 0 Å². The number of para-hydroxylation sites is 1. The number of halogens is 1. The van der Waals surface area contributed by atoms with Crippen LogP contribution in [0.1, 0.15) is 22.3 Å². The lowest BCUT2D eigenvalue weighted by molar-refractivity contribution is -0.132. The Morgan fingerprint density at radius 2 is 1.26 bits per heavy atom. The van der Waals surface area contributed by atoms with Crippen LogP contribution >= 0.6 is 11.6 Å². The highest BCUT2D eigenvalue weighted by molar-refractivity contribution is 6.45. The molecule has 0 atom stereocenters. The van der Waals surface area contributed by atoms with Crippen molar-refractivity contribution < 1.29 is 19.8 Å². The van der Waals surface area contributed by atoms with E-state index >= 15 is 0 Å². The number of anilines is 1. The summed E-state index contributed by atoms with van der Waals surface area (Å²) in [6.45, 7) is 0. The highest BCUT2D eigenvalue weighted by Gasteiger charge is 2.36. The number of ketones is 1. The Labute approximate surface area is 208 Å². The molecule has 4 rings (SSSR count). The number of hydrogen-bond acceptors (Lipinski definition) is 4. The molecule has 0 saturated carbocycles. The standard InChI is InChI=1S/C29H22ClNO4/c30-23-17-15-20(16-18-23)26(32)19-27(33)28(34)31-25-14-8-7-13-24(25)29(35,21-9-3-1-4-10-21)22-11-5-2-6-12-22/h1-19,32,35H,(H,31,34)/b26-19-. The number of aliphatic hydroxyl groups excluding tert-OH is 1.